The summed E-state index contributed by atoms with van der Waals surface area (Å²) in [7, 11) is 0. The second-order valence-corrected chi connectivity index (χ2v) is 14.7. The third-order valence-electron chi connectivity index (χ3n) is 7.63. The largest absolute Gasteiger partial charge is 0.387 e. The van der Waals surface area contributed by atoms with Crippen molar-refractivity contribution in [1.29, 1.82) is 0 Å². The third kappa shape index (κ3) is 16.7. The summed E-state index contributed by atoms with van der Waals surface area (Å²) < 4.78 is 0. The molecule has 0 rings (SSSR count). The molecule has 0 radical (unpaired) electrons. The van der Waals surface area contributed by atoms with Crippen LogP contribution in [0.5, 0.6) is 0 Å². The molecule has 0 aliphatic carbocycles. The Labute approximate surface area is 271 Å². The van der Waals surface area contributed by atoms with Crippen LogP contribution in [-0.2, 0) is 9.59 Å². The number of amidine groups is 2. The fourth-order valence-electron chi connectivity index (χ4n) is 4.83. The van der Waals surface area contributed by atoms with E-state index in [9.17, 15) is 30.0 Å². The summed E-state index contributed by atoms with van der Waals surface area (Å²) in [5.74, 6) is -0.883. The van der Waals surface area contributed by atoms with Crippen molar-refractivity contribution < 1.29 is 30.0 Å². The molecule has 0 aromatic rings. The molecule has 0 aliphatic rings. The molecule has 45 heavy (non-hydrogen) atoms. The van der Waals surface area contributed by atoms with Crippen LogP contribution in [0.3, 0.4) is 0 Å². The topological polar surface area (TPSA) is 228 Å². The van der Waals surface area contributed by atoms with Crippen molar-refractivity contribution in [3.05, 3.63) is 0 Å². The second-order valence-electron chi connectivity index (χ2n) is 14.7. The number of nitrogens with zero attached hydrogens (tertiary/aromatic N) is 2. The molecule has 0 aromatic heterocycles. The summed E-state index contributed by atoms with van der Waals surface area (Å²) in [5, 5.41) is 49.7. The fraction of sp³-hybridized carbons (Fsp3) is 0.875. The molecule has 0 bridgehead atoms. The Morgan fingerprint density at radius 2 is 1.18 bits per heavy atom. The molecular weight excluding hydrogens is 578 g/mol. The van der Waals surface area contributed by atoms with Crippen LogP contribution in [0.25, 0.3) is 0 Å². The van der Waals surface area contributed by atoms with E-state index in [-0.39, 0.29) is 23.9 Å². The average Bonchev–Trinajstić information content (AvgIpc) is 2.91. The first-order chi connectivity index (χ1) is 20.5. The van der Waals surface area contributed by atoms with Crippen LogP contribution in [0.15, 0.2) is 9.98 Å². The molecule has 4 unspecified atom stereocenters. The van der Waals surface area contributed by atoms with Crippen LogP contribution in [0.1, 0.15) is 108 Å². The average molecular weight is 644 g/mol. The van der Waals surface area contributed by atoms with Gasteiger partial charge in [-0.3, -0.25) is 19.6 Å². The van der Waals surface area contributed by atoms with Crippen molar-refractivity contribution in [2.75, 3.05) is 19.6 Å². The summed E-state index contributed by atoms with van der Waals surface area (Å²) in [6.45, 7) is 20.7. The maximum absolute atomic E-state index is 12.8. The molecule has 0 aromatic carbocycles. The molecule has 0 aliphatic heterocycles. The van der Waals surface area contributed by atoms with E-state index >= 15 is 0 Å². The predicted molar refractivity (Wildman–Crippen MR) is 181 cm³/mol. The van der Waals surface area contributed by atoms with Crippen LogP contribution in [0.2, 0.25) is 0 Å². The van der Waals surface area contributed by atoms with Gasteiger partial charge in [0.25, 0.3) is 11.8 Å². The highest BCUT2D eigenvalue weighted by molar-refractivity contribution is 5.84. The summed E-state index contributed by atoms with van der Waals surface area (Å²) >= 11 is 0. The number of nitrogens with one attached hydrogen (secondary N) is 3. The van der Waals surface area contributed by atoms with E-state index in [2.05, 4.69) is 41.7 Å². The maximum Gasteiger partial charge on any atom is 0.252 e. The summed E-state index contributed by atoms with van der Waals surface area (Å²) in [4.78, 5) is 34.3. The van der Waals surface area contributed by atoms with Gasteiger partial charge in [-0.05, 0) is 66.2 Å². The number of aliphatic hydroxyl groups excluding tert-OH is 4. The van der Waals surface area contributed by atoms with E-state index in [4.69, 9.17) is 16.5 Å². The number of rotatable bonds is 20. The highest BCUT2D eigenvalue weighted by Gasteiger charge is 2.41. The SMILES string of the molecule is CC(C)C(CNC(=O)C(O)C(O)C(O)C(O)C(=O)NC(C)(C)C)(N=C(N)CCCCCCC(N)=NCCNC(C)(C)C)C(C)C. The van der Waals surface area contributed by atoms with E-state index in [0.717, 1.165) is 38.6 Å². The lowest BCUT2D eigenvalue weighted by atomic mass is 9.77. The number of hydrogen-bond donors (Lipinski definition) is 9. The Kier molecular flexibility index (Phi) is 18.4. The second kappa shape index (κ2) is 19.4. The van der Waals surface area contributed by atoms with Crippen molar-refractivity contribution >= 4 is 23.5 Å². The van der Waals surface area contributed by atoms with Crippen molar-refractivity contribution in [2.45, 2.75) is 149 Å². The minimum atomic E-state index is -2.11. The number of unbranched alkanes of at least 4 members (excludes halogenated alkanes) is 3. The lowest BCUT2D eigenvalue weighted by Gasteiger charge is -2.39. The minimum absolute atomic E-state index is 0.0126. The van der Waals surface area contributed by atoms with E-state index < -0.39 is 47.3 Å². The first kappa shape index (κ1) is 42.7. The van der Waals surface area contributed by atoms with Crippen molar-refractivity contribution in [2.24, 2.45) is 33.3 Å². The highest BCUT2D eigenvalue weighted by Crippen LogP contribution is 2.31. The van der Waals surface area contributed by atoms with Crippen LogP contribution >= 0.6 is 0 Å². The van der Waals surface area contributed by atoms with Gasteiger partial charge < -0.3 is 47.8 Å². The Bertz CT molecular complexity index is 949. The molecule has 0 heterocycles. The highest BCUT2D eigenvalue weighted by atomic mass is 16.4. The normalized spacial score (nSPS) is 16.4. The Balaban J connectivity index is 5.07. The monoisotopic (exact) mass is 643 g/mol. The lowest BCUT2D eigenvalue weighted by molar-refractivity contribution is -0.156. The molecule has 13 nitrogen and oxygen atoms in total. The van der Waals surface area contributed by atoms with Gasteiger partial charge in [0, 0.05) is 37.0 Å². The zero-order valence-electron chi connectivity index (χ0n) is 29.5. The van der Waals surface area contributed by atoms with Gasteiger partial charge in [0.2, 0.25) is 0 Å². The van der Waals surface area contributed by atoms with E-state index in [0.29, 0.717) is 24.6 Å². The zero-order chi connectivity index (χ0) is 35.2. The molecule has 11 N–H and O–H groups in total. The van der Waals surface area contributed by atoms with Crippen molar-refractivity contribution in [1.82, 2.24) is 16.0 Å². The zero-order valence-corrected chi connectivity index (χ0v) is 29.5. The first-order valence-electron chi connectivity index (χ1n) is 16.2. The van der Waals surface area contributed by atoms with Gasteiger partial charge in [0.1, 0.15) is 12.2 Å². The molecule has 0 fully saturated rings. The smallest absolute Gasteiger partial charge is 0.252 e. The van der Waals surface area contributed by atoms with Crippen LogP contribution in [0.4, 0.5) is 0 Å². The molecule has 264 valence electrons. The number of carbonyl (C=O) groups excluding carboxylic acids is 2. The number of amides is 2. The van der Waals surface area contributed by atoms with Crippen LogP contribution in [0, 0.1) is 11.8 Å². The number of nitrogens with two attached hydrogens (primary N) is 2. The van der Waals surface area contributed by atoms with E-state index in [1.165, 1.54) is 0 Å². The number of hydrogen-bond acceptors (Lipinski definition) is 9. The quantitative estimate of drug-likeness (QED) is 0.0522. The molecule has 2 amide bonds. The van der Waals surface area contributed by atoms with E-state index in [1.54, 1.807) is 20.8 Å². The molecule has 0 saturated carbocycles. The van der Waals surface area contributed by atoms with Crippen LogP contribution < -0.4 is 27.4 Å². The Hall–Kier alpha value is -2.32. The maximum atomic E-state index is 12.8. The molecule has 13 heteroatoms. The molecular formula is C32H65N7O6. The molecule has 0 spiro atoms. The lowest BCUT2D eigenvalue weighted by Crippen LogP contribution is -2.58. The van der Waals surface area contributed by atoms with Crippen molar-refractivity contribution in [3.63, 3.8) is 0 Å². The van der Waals surface area contributed by atoms with Gasteiger partial charge in [-0.25, -0.2) is 0 Å². The van der Waals surface area contributed by atoms with Gasteiger partial charge in [-0.1, -0.05) is 40.5 Å². The van der Waals surface area contributed by atoms with Gasteiger partial charge >= 0.3 is 0 Å². The van der Waals surface area contributed by atoms with E-state index in [1.807, 2.05) is 27.7 Å². The third-order valence-corrected chi connectivity index (χ3v) is 7.63. The van der Waals surface area contributed by atoms with Gasteiger partial charge in [-0.15, -0.1) is 0 Å². The fourth-order valence-corrected chi connectivity index (χ4v) is 4.83. The van der Waals surface area contributed by atoms with Gasteiger partial charge in [0.05, 0.1) is 23.8 Å². The number of aliphatic hydroxyl groups is 4. The summed E-state index contributed by atoms with van der Waals surface area (Å²) in [6, 6.07) is 0. The van der Waals surface area contributed by atoms with Crippen LogP contribution in [-0.4, -0.2) is 105 Å². The molecule has 4 atom stereocenters. The van der Waals surface area contributed by atoms with Crippen molar-refractivity contribution in [3.8, 4) is 0 Å². The molecule has 0 saturated heterocycles. The number of carbonyl (C=O) groups is 2. The number of aliphatic imine (C=N–C) groups is 2. The standard InChI is InChI=1S/C32H65N7O6/c1-20(2)32(21(3)4,19-36-28(44)26(42)24(40)25(41)27(43)29(45)39-31(8,9)10)38-23(34)16-14-12-11-13-15-22(33)35-17-18-37-30(5,6)7/h20-21,24-27,37,40-43H,11-19H2,1-10H3,(H2,33,35)(H2,34,38)(H,36,44)(H,39,45). The summed E-state index contributed by atoms with van der Waals surface area (Å²) in [5.41, 5.74) is 11.0. The van der Waals surface area contributed by atoms with Gasteiger partial charge in [0.15, 0.2) is 12.2 Å². The minimum Gasteiger partial charge on any atom is -0.387 e. The Morgan fingerprint density at radius 3 is 1.62 bits per heavy atom. The predicted octanol–water partition coefficient (Wildman–Crippen LogP) is 0.955. The summed E-state index contributed by atoms with van der Waals surface area (Å²) in [6.07, 6.45) is -3.31. The Morgan fingerprint density at radius 1 is 0.711 bits per heavy atom. The van der Waals surface area contributed by atoms with Gasteiger partial charge in [-0.2, -0.15) is 0 Å². The first-order valence-corrected chi connectivity index (χ1v) is 16.2.